The van der Waals surface area contributed by atoms with Crippen LogP contribution in [-0.2, 0) is 15.1 Å². The van der Waals surface area contributed by atoms with Crippen molar-refractivity contribution in [2.75, 3.05) is 5.32 Å². The Kier molecular flexibility index (Phi) is 3.40. The van der Waals surface area contributed by atoms with E-state index < -0.39 is 22.9 Å². The van der Waals surface area contributed by atoms with Gasteiger partial charge in [-0.25, -0.2) is 9.78 Å². The third-order valence-corrected chi connectivity index (χ3v) is 3.13. The van der Waals surface area contributed by atoms with Crippen LogP contribution < -0.4 is 16.0 Å². The van der Waals surface area contributed by atoms with Crippen molar-refractivity contribution in [3.63, 3.8) is 0 Å². The first-order chi connectivity index (χ1) is 9.63. The predicted molar refractivity (Wildman–Crippen MR) is 74.1 cm³/mol. The van der Waals surface area contributed by atoms with E-state index in [2.05, 4.69) is 25.9 Å². The number of hydrogen-bond donors (Lipinski definition) is 3. The van der Waals surface area contributed by atoms with Gasteiger partial charge in [0.25, 0.3) is 5.91 Å². The molecule has 0 aliphatic carbocycles. The molecule has 1 aliphatic rings. The number of nitrogens with zero attached hydrogens (tertiary/aromatic N) is 2. The highest BCUT2D eigenvalue weighted by Crippen LogP contribution is 2.22. The van der Waals surface area contributed by atoms with Crippen LogP contribution in [0.2, 0.25) is 0 Å². The molecular formula is C13H17N5O3. The molecule has 2 heterocycles. The van der Waals surface area contributed by atoms with Crippen LogP contribution in [0, 0.1) is 5.41 Å². The largest absolute Gasteiger partial charge is 0.322 e. The van der Waals surface area contributed by atoms with Crippen LogP contribution in [0.3, 0.4) is 0 Å². The molecule has 1 atom stereocenters. The summed E-state index contributed by atoms with van der Waals surface area (Å²) >= 11 is 0. The summed E-state index contributed by atoms with van der Waals surface area (Å²) in [5.74, 6) is -0.400. The SMILES string of the molecule is CC(C)(C)C(=O)Nc1cnc(C2(C)NC(=O)NC2=O)cn1. The molecule has 0 radical (unpaired) electrons. The summed E-state index contributed by atoms with van der Waals surface area (Å²) in [6, 6.07) is -0.575. The molecule has 112 valence electrons. The standard InChI is InChI=1S/C13H17N5O3/c1-12(2,3)9(19)16-8-6-14-7(5-15-8)13(4)10(20)17-11(21)18-13/h5-6H,1-4H3,(H,15,16,19)(H2,17,18,20,21). The van der Waals surface area contributed by atoms with Crippen molar-refractivity contribution in [3.8, 4) is 0 Å². The van der Waals surface area contributed by atoms with Crippen molar-refractivity contribution in [2.24, 2.45) is 5.41 Å². The van der Waals surface area contributed by atoms with Crippen LogP contribution >= 0.6 is 0 Å². The molecule has 1 fully saturated rings. The molecule has 4 amide bonds. The number of amides is 4. The van der Waals surface area contributed by atoms with E-state index in [0.29, 0.717) is 5.69 Å². The highest BCUT2D eigenvalue weighted by Gasteiger charge is 2.44. The molecule has 0 spiro atoms. The quantitative estimate of drug-likeness (QED) is 0.687. The Labute approximate surface area is 121 Å². The van der Waals surface area contributed by atoms with E-state index in [0.717, 1.165) is 0 Å². The van der Waals surface area contributed by atoms with Crippen molar-refractivity contribution < 1.29 is 14.4 Å². The van der Waals surface area contributed by atoms with E-state index in [-0.39, 0.29) is 11.7 Å². The number of rotatable bonds is 2. The highest BCUT2D eigenvalue weighted by atomic mass is 16.2. The van der Waals surface area contributed by atoms with Gasteiger partial charge in [-0.3, -0.25) is 19.9 Å². The van der Waals surface area contributed by atoms with E-state index in [9.17, 15) is 14.4 Å². The average molecular weight is 291 g/mol. The summed E-state index contributed by atoms with van der Waals surface area (Å²) in [4.78, 5) is 43.0. The van der Waals surface area contributed by atoms with Crippen molar-refractivity contribution >= 4 is 23.7 Å². The first-order valence-electron chi connectivity index (χ1n) is 6.40. The average Bonchev–Trinajstić information content (AvgIpc) is 2.63. The number of hydrogen-bond acceptors (Lipinski definition) is 5. The van der Waals surface area contributed by atoms with Gasteiger partial charge in [-0.05, 0) is 6.92 Å². The van der Waals surface area contributed by atoms with E-state index >= 15 is 0 Å². The topological polar surface area (TPSA) is 113 Å². The Morgan fingerprint density at radius 3 is 2.33 bits per heavy atom. The summed E-state index contributed by atoms with van der Waals surface area (Å²) < 4.78 is 0. The Morgan fingerprint density at radius 1 is 1.24 bits per heavy atom. The second-order valence-corrected chi connectivity index (χ2v) is 6.02. The molecule has 1 saturated heterocycles. The summed E-state index contributed by atoms with van der Waals surface area (Å²) in [5.41, 5.74) is -1.51. The van der Waals surface area contributed by atoms with Crippen LogP contribution in [0.1, 0.15) is 33.4 Å². The molecule has 0 aromatic carbocycles. The molecule has 8 heteroatoms. The minimum atomic E-state index is -1.25. The lowest BCUT2D eigenvalue weighted by Crippen LogP contribution is -2.41. The first kappa shape index (κ1) is 14.9. The first-order valence-corrected chi connectivity index (χ1v) is 6.40. The fraction of sp³-hybridized carbons (Fsp3) is 0.462. The third kappa shape index (κ3) is 2.83. The number of carbonyl (C=O) groups excluding carboxylic acids is 3. The zero-order valence-electron chi connectivity index (χ0n) is 12.3. The fourth-order valence-electron chi connectivity index (χ4n) is 1.68. The maximum absolute atomic E-state index is 11.8. The Bertz CT molecular complexity index is 605. The number of nitrogens with one attached hydrogen (secondary N) is 3. The highest BCUT2D eigenvalue weighted by molar-refractivity contribution is 6.06. The van der Waals surface area contributed by atoms with E-state index in [4.69, 9.17) is 0 Å². The van der Waals surface area contributed by atoms with Crippen LogP contribution in [-0.4, -0.2) is 27.8 Å². The summed E-state index contributed by atoms with van der Waals surface area (Å²) in [6.45, 7) is 6.88. The molecule has 1 unspecified atom stereocenters. The Balaban J connectivity index is 2.18. The smallest absolute Gasteiger partial charge is 0.318 e. The van der Waals surface area contributed by atoms with Crippen molar-refractivity contribution in [1.82, 2.24) is 20.6 Å². The lowest BCUT2D eigenvalue weighted by molar-refractivity contribution is -0.124. The van der Waals surface area contributed by atoms with Gasteiger partial charge in [0.15, 0.2) is 11.4 Å². The zero-order chi connectivity index (χ0) is 15.8. The lowest BCUT2D eigenvalue weighted by atomic mass is 9.96. The normalized spacial score (nSPS) is 21.7. The van der Waals surface area contributed by atoms with Crippen molar-refractivity contribution in [2.45, 2.75) is 33.2 Å². The van der Waals surface area contributed by atoms with Gasteiger partial charge in [0, 0.05) is 5.41 Å². The summed E-state index contributed by atoms with van der Waals surface area (Å²) in [5, 5.41) is 7.27. The minimum Gasteiger partial charge on any atom is -0.318 e. The van der Waals surface area contributed by atoms with E-state index in [1.165, 1.54) is 19.3 Å². The van der Waals surface area contributed by atoms with Crippen LogP contribution in [0.4, 0.5) is 10.6 Å². The molecule has 0 saturated carbocycles. The molecule has 8 nitrogen and oxygen atoms in total. The molecular weight excluding hydrogens is 274 g/mol. The number of carbonyl (C=O) groups is 3. The molecule has 1 aromatic rings. The Morgan fingerprint density at radius 2 is 1.90 bits per heavy atom. The van der Waals surface area contributed by atoms with Crippen molar-refractivity contribution in [1.29, 1.82) is 0 Å². The molecule has 1 aromatic heterocycles. The predicted octanol–water partition coefficient (Wildman–Crippen LogP) is 0.516. The van der Waals surface area contributed by atoms with Crippen molar-refractivity contribution in [3.05, 3.63) is 18.1 Å². The fourth-order valence-corrected chi connectivity index (χ4v) is 1.68. The lowest BCUT2D eigenvalue weighted by Gasteiger charge is -2.20. The minimum absolute atomic E-state index is 0.192. The van der Waals surface area contributed by atoms with Gasteiger partial charge in [0.1, 0.15) is 0 Å². The Hall–Kier alpha value is -2.51. The maximum Gasteiger partial charge on any atom is 0.322 e. The number of urea groups is 1. The maximum atomic E-state index is 11.8. The summed E-state index contributed by atoms with van der Waals surface area (Å²) in [7, 11) is 0. The van der Waals surface area contributed by atoms with Crippen LogP contribution in [0.5, 0.6) is 0 Å². The second-order valence-electron chi connectivity index (χ2n) is 6.02. The van der Waals surface area contributed by atoms with Gasteiger partial charge in [0.2, 0.25) is 5.91 Å². The molecule has 2 rings (SSSR count). The number of anilines is 1. The van der Waals surface area contributed by atoms with E-state index in [1.54, 1.807) is 20.8 Å². The zero-order valence-corrected chi connectivity index (χ0v) is 12.3. The summed E-state index contributed by atoms with van der Waals surface area (Å²) in [6.07, 6.45) is 2.70. The molecule has 1 aliphatic heterocycles. The van der Waals surface area contributed by atoms with E-state index in [1.807, 2.05) is 0 Å². The molecule has 3 N–H and O–H groups in total. The van der Waals surface area contributed by atoms with Crippen LogP contribution in [0.15, 0.2) is 12.4 Å². The van der Waals surface area contributed by atoms with Crippen LogP contribution in [0.25, 0.3) is 0 Å². The molecule has 0 bridgehead atoms. The van der Waals surface area contributed by atoms with Gasteiger partial charge in [-0.1, -0.05) is 20.8 Å². The second kappa shape index (κ2) is 4.80. The third-order valence-electron chi connectivity index (χ3n) is 3.13. The monoisotopic (exact) mass is 291 g/mol. The molecule has 21 heavy (non-hydrogen) atoms. The van der Waals surface area contributed by atoms with Gasteiger partial charge in [-0.2, -0.15) is 0 Å². The van der Waals surface area contributed by atoms with Gasteiger partial charge in [-0.15, -0.1) is 0 Å². The number of aromatic nitrogens is 2. The van der Waals surface area contributed by atoms with Gasteiger partial charge < -0.3 is 10.6 Å². The van der Waals surface area contributed by atoms with Gasteiger partial charge in [0.05, 0.1) is 18.1 Å². The number of imide groups is 1. The van der Waals surface area contributed by atoms with Gasteiger partial charge >= 0.3 is 6.03 Å².